The van der Waals surface area contributed by atoms with Gasteiger partial charge in [0.25, 0.3) is 0 Å². The normalized spacial score (nSPS) is 18.8. The molecule has 0 spiro atoms. The van der Waals surface area contributed by atoms with Gasteiger partial charge >= 0.3 is 5.97 Å². The molecule has 1 fully saturated rings. The molecule has 4 nitrogen and oxygen atoms in total. The Hall–Kier alpha value is -1.06. The van der Waals surface area contributed by atoms with Crippen LogP contribution < -0.4 is 5.32 Å². The Labute approximate surface area is 83.7 Å². The lowest BCUT2D eigenvalue weighted by atomic mass is 9.69. The third kappa shape index (κ3) is 2.05. The van der Waals surface area contributed by atoms with E-state index in [1.807, 2.05) is 0 Å². The van der Waals surface area contributed by atoms with E-state index in [-0.39, 0.29) is 18.4 Å². The molecule has 0 aromatic carbocycles. The summed E-state index contributed by atoms with van der Waals surface area (Å²) in [5.74, 6) is -0.939. The zero-order valence-corrected chi connectivity index (χ0v) is 8.67. The van der Waals surface area contributed by atoms with Gasteiger partial charge in [-0.05, 0) is 12.8 Å². The van der Waals surface area contributed by atoms with Crippen molar-refractivity contribution in [2.24, 2.45) is 11.3 Å². The van der Waals surface area contributed by atoms with E-state index >= 15 is 0 Å². The smallest absolute Gasteiger partial charge is 0.311 e. The molecule has 14 heavy (non-hydrogen) atoms. The van der Waals surface area contributed by atoms with Gasteiger partial charge in [0.05, 0.1) is 5.41 Å². The fourth-order valence-corrected chi connectivity index (χ4v) is 1.53. The van der Waals surface area contributed by atoms with Crippen LogP contribution in [0.25, 0.3) is 0 Å². The van der Waals surface area contributed by atoms with Crippen molar-refractivity contribution in [3.8, 4) is 0 Å². The van der Waals surface area contributed by atoms with Crippen molar-refractivity contribution in [1.82, 2.24) is 5.32 Å². The number of carbonyl (C=O) groups is 2. The number of hydrogen-bond acceptors (Lipinski definition) is 2. The minimum Gasteiger partial charge on any atom is -0.481 e. The maximum absolute atomic E-state index is 11.2. The van der Waals surface area contributed by atoms with Gasteiger partial charge < -0.3 is 10.4 Å². The molecule has 0 aliphatic heterocycles. The third-order valence-corrected chi connectivity index (χ3v) is 2.89. The van der Waals surface area contributed by atoms with Crippen molar-refractivity contribution in [2.45, 2.75) is 33.1 Å². The molecule has 0 heterocycles. The van der Waals surface area contributed by atoms with Crippen LogP contribution in [0.1, 0.15) is 33.1 Å². The summed E-state index contributed by atoms with van der Waals surface area (Å²) in [7, 11) is 0. The molecular weight excluding hydrogens is 182 g/mol. The van der Waals surface area contributed by atoms with Crippen LogP contribution in [0.15, 0.2) is 0 Å². The summed E-state index contributed by atoms with van der Waals surface area (Å²) < 4.78 is 0. The highest BCUT2D eigenvalue weighted by Gasteiger charge is 2.44. The summed E-state index contributed by atoms with van der Waals surface area (Å²) in [5, 5.41) is 11.7. The fourth-order valence-electron chi connectivity index (χ4n) is 1.53. The molecule has 1 amide bonds. The summed E-state index contributed by atoms with van der Waals surface area (Å²) >= 11 is 0. The largest absolute Gasteiger partial charge is 0.481 e. The van der Waals surface area contributed by atoms with Crippen LogP contribution in [0.3, 0.4) is 0 Å². The molecule has 0 unspecified atom stereocenters. The Morgan fingerprint density at radius 1 is 1.43 bits per heavy atom. The van der Waals surface area contributed by atoms with Crippen molar-refractivity contribution < 1.29 is 14.7 Å². The number of carboxylic acids is 1. The first-order chi connectivity index (χ1) is 6.48. The van der Waals surface area contributed by atoms with Crippen molar-refractivity contribution in [2.75, 3.05) is 6.54 Å². The molecule has 80 valence electrons. The highest BCUT2D eigenvalue weighted by molar-refractivity contribution is 5.80. The van der Waals surface area contributed by atoms with Gasteiger partial charge in [0.1, 0.15) is 0 Å². The van der Waals surface area contributed by atoms with Crippen LogP contribution in [-0.4, -0.2) is 23.5 Å². The maximum atomic E-state index is 11.2. The second-order valence-electron chi connectivity index (χ2n) is 4.31. The van der Waals surface area contributed by atoms with Crippen LogP contribution in [0, 0.1) is 11.3 Å². The van der Waals surface area contributed by atoms with Gasteiger partial charge in [0.15, 0.2) is 0 Å². The number of hydrogen-bond donors (Lipinski definition) is 2. The number of carbonyl (C=O) groups excluding carboxylic acids is 1. The quantitative estimate of drug-likeness (QED) is 0.710. The van der Waals surface area contributed by atoms with E-state index in [0.717, 1.165) is 6.42 Å². The van der Waals surface area contributed by atoms with Gasteiger partial charge in [-0.2, -0.15) is 0 Å². The molecule has 1 aliphatic rings. The average molecular weight is 199 g/mol. The van der Waals surface area contributed by atoms with Crippen LogP contribution in [0.5, 0.6) is 0 Å². The molecule has 0 bridgehead atoms. The zero-order chi connectivity index (χ0) is 10.8. The lowest BCUT2D eigenvalue weighted by Gasteiger charge is -2.37. The van der Waals surface area contributed by atoms with E-state index in [4.69, 9.17) is 5.11 Å². The second-order valence-corrected chi connectivity index (χ2v) is 4.31. The van der Waals surface area contributed by atoms with E-state index in [1.54, 1.807) is 13.8 Å². The SMILES string of the molecule is CC(C)C(=O)NCC1(C(=O)O)CCC1. The molecule has 0 aromatic rings. The highest BCUT2D eigenvalue weighted by atomic mass is 16.4. The molecule has 1 saturated carbocycles. The predicted molar refractivity (Wildman–Crippen MR) is 51.8 cm³/mol. The lowest BCUT2D eigenvalue weighted by Crippen LogP contribution is -2.48. The van der Waals surface area contributed by atoms with Crippen molar-refractivity contribution in [1.29, 1.82) is 0 Å². The van der Waals surface area contributed by atoms with Gasteiger partial charge in [0.2, 0.25) is 5.91 Å². The number of nitrogens with one attached hydrogen (secondary N) is 1. The summed E-state index contributed by atoms with van der Waals surface area (Å²) in [4.78, 5) is 22.2. The number of amides is 1. The first kappa shape index (κ1) is 11.0. The molecule has 0 aromatic heterocycles. The zero-order valence-electron chi connectivity index (χ0n) is 8.67. The van der Waals surface area contributed by atoms with Crippen molar-refractivity contribution >= 4 is 11.9 Å². The first-order valence-electron chi connectivity index (χ1n) is 4.99. The van der Waals surface area contributed by atoms with Crippen LogP contribution in [-0.2, 0) is 9.59 Å². The summed E-state index contributed by atoms with van der Waals surface area (Å²) in [5.41, 5.74) is -0.676. The van der Waals surface area contributed by atoms with Gasteiger partial charge in [-0.1, -0.05) is 20.3 Å². The van der Waals surface area contributed by atoms with E-state index in [2.05, 4.69) is 5.32 Å². The maximum Gasteiger partial charge on any atom is 0.311 e. The van der Waals surface area contributed by atoms with Crippen molar-refractivity contribution in [3.63, 3.8) is 0 Å². The van der Waals surface area contributed by atoms with Crippen molar-refractivity contribution in [3.05, 3.63) is 0 Å². The standard InChI is InChI=1S/C10H17NO3/c1-7(2)8(12)11-6-10(9(13)14)4-3-5-10/h7H,3-6H2,1-2H3,(H,11,12)(H,13,14). The second kappa shape index (κ2) is 3.98. The Morgan fingerprint density at radius 3 is 2.29 bits per heavy atom. The average Bonchev–Trinajstić information content (AvgIpc) is 2.00. The third-order valence-electron chi connectivity index (χ3n) is 2.89. The molecule has 0 saturated heterocycles. The van der Waals surface area contributed by atoms with E-state index in [0.29, 0.717) is 12.8 Å². The van der Waals surface area contributed by atoms with E-state index in [9.17, 15) is 9.59 Å². The van der Waals surface area contributed by atoms with Gasteiger partial charge in [0, 0.05) is 12.5 Å². The number of carboxylic acid groups (broad SMARTS) is 1. The van der Waals surface area contributed by atoms with Crippen LogP contribution >= 0.6 is 0 Å². The molecular formula is C10H17NO3. The van der Waals surface area contributed by atoms with Crippen LogP contribution in [0.2, 0.25) is 0 Å². The first-order valence-corrected chi connectivity index (χ1v) is 4.99. The molecule has 1 rings (SSSR count). The Bertz CT molecular complexity index is 244. The molecule has 0 radical (unpaired) electrons. The monoisotopic (exact) mass is 199 g/mol. The predicted octanol–water partition coefficient (Wildman–Crippen LogP) is 1.01. The fraction of sp³-hybridized carbons (Fsp3) is 0.800. The van der Waals surface area contributed by atoms with Crippen LogP contribution in [0.4, 0.5) is 0 Å². The van der Waals surface area contributed by atoms with E-state index < -0.39 is 11.4 Å². The Kier molecular flexibility index (Phi) is 3.13. The minimum absolute atomic E-state index is 0.0717. The molecule has 4 heteroatoms. The van der Waals surface area contributed by atoms with Gasteiger partial charge in [-0.3, -0.25) is 9.59 Å². The molecule has 2 N–H and O–H groups in total. The minimum atomic E-state index is -0.784. The molecule has 0 atom stereocenters. The number of rotatable bonds is 4. The lowest BCUT2D eigenvalue weighted by molar-refractivity contribution is -0.154. The number of aliphatic carboxylic acids is 1. The summed E-state index contributed by atoms with van der Waals surface area (Å²) in [6.45, 7) is 3.87. The van der Waals surface area contributed by atoms with Gasteiger partial charge in [-0.15, -0.1) is 0 Å². The summed E-state index contributed by atoms with van der Waals surface area (Å²) in [6, 6.07) is 0. The Balaban J connectivity index is 2.43. The Morgan fingerprint density at radius 2 is 2.00 bits per heavy atom. The summed E-state index contributed by atoms with van der Waals surface area (Å²) in [6.07, 6.45) is 2.31. The molecule has 1 aliphatic carbocycles. The topological polar surface area (TPSA) is 66.4 Å². The van der Waals surface area contributed by atoms with Gasteiger partial charge in [-0.25, -0.2) is 0 Å². The van der Waals surface area contributed by atoms with E-state index in [1.165, 1.54) is 0 Å². The highest BCUT2D eigenvalue weighted by Crippen LogP contribution is 2.40.